The summed E-state index contributed by atoms with van der Waals surface area (Å²) < 4.78 is 5.14. The van der Waals surface area contributed by atoms with E-state index in [2.05, 4.69) is 31.2 Å². The summed E-state index contributed by atoms with van der Waals surface area (Å²) in [6.45, 7) is 4.85. The Balaban J connectivity index is 1.72. The smallest absolute Gasteiger partial charge is 0.306 e. The Bertz CT molecular complexity index is 483. The fourth-order valence-electron chi connectivity index (χ4n) is 3.96. The van der Waals surface area contributed by atoms with Crippen LogP contribution in [-0.2, 0) is 16.0 Å². The van der Waals surface area contributed by atoms with E-state index in [0.717, 1.165) is 24.7 Å². The molecule has 0 aliphatic heterocycles. The first-order valence-electron chi connectivity index (χ1n) is 10.5. The van der Waals surface area contributed by atoms with E-state index >= 15 is 0 Å². The van der Waals surface area contributed by atoms with Gasteiger partial charge in [0.05, 0.1) is 6.61 Å². The largest absolute Gasteiger partial charge is 0.466 e. The maximum Gasteiger partial charge on any atom is 0.306 e. The second-order valence-electron chi connectivity index (χ2n) is 7.68. The Kier molecular flexibility index (Phi) is 9.07. The summed E-state index contributed by atoms with van der Waals surface area (Å²) in [5.41, 5.74) is 2.73. The molecule has 0 bridgehead atoms. The van der Waals surface area contributed by atoms with Crippen LogP contribution >= 0.6 is 0 Å². The lowest BCUT2D eigenvalue weighted by molar-refractivity contribution is -0.143. The number of carbonyl (C=O) groups excluding carboxylic acids is 1. The number of ether oxygens (including phenoxy) is 1. The molecule has 0 amide bonds. The molecule has 2 nitrogen and oxygen atoms in total. The number of esters is 1. The quantitative estimate of drug-likeness (QED) is 0.361. The van der Waals surface area contributed by atoms with Crippen molar-refractivity contribution in [1.29, 1.82) is 0 Å². The zero-order chi connectivity index (χ0) is 17.9. The van der Waals surface area contributed by atoms with Crippen molar-refractivity contribution >= 4 is 5.97 Å². The van der Waals surface area contributed by atoms with Crippen LogP contribution in [0.4, 0.5) is 0 Å². The van der Waals surface area contributed by atoms with E-state index in [4.69, 9.17) is 4.74 Å². The molecule has 0 saturated heterocycles. The topological polar surface area (TPSA) is 26.3 Å². The summed E-state index contributed by atoms with van der Waals surface area (Å²) in [7, 11) is 0. The maximum absolute atomic E-state index is 11.6. The van der Waals surface area contributed by atoms with Crippen molar-refractivity contribution < 1.29 is 9.53 Å². The predicted molar refractivity (Wildman–Crippen MR) is 105 cm³/mol. The second-order valence-corrected chi connectivity index (χ2v) is 7.68. The molecule has 1 aromatic carbocycles. The minimum atomic E-state index is -0.0766. The third-order valence-electron chi connectivity index (χ3n) is 5.60. The van der Waals surface area contributed by atoms with E-state index in [-0.39, 0.29) is 5.97 Å². The van der Waals surface area contributed by atoms with Crippen LogP contribution in [0, 0.1) is 5.92 Å². The molecule has 0 unspecified atom stereocenters. The number of benzene rings is 1. The Morgan fingerprint density at radius 2 is 1.72 bits per heavy atom. The second kappa shape index (κ2) is 11.3. The van der Waals surface area contributed by atoms with Gasteiger partial charge in [0.15, 0.2) is 0 Å². The molecular formula is C23H36O2. The minimum Gasteiger partial charge on any atom is -0.466 e. The van der Waals surface area contributed by atoms with Crippen LogP contribution in [-0.4, -0.2) is 12.6 Å². The number of hydrogen-bond acceptors (Lipinski definition) is 2. The van der Waals surface area contributed by atoms with Crippen LogP contribution in [0.2, 0.25) is 0 Å². The fraction of sp³-hybridized carbons (Fsp3) is 0.696. The first kappa shape index (κ1) is 20.0. The first-order chi connectivity index (χ1) is 12.2. The molecule has 1 aliphatic carbocycles. The van der Waals surface area contributed by atoms with Crippen molar-refractivity contribution in [3.8, 4) is 0 Å². The Labute approximate surface area is 154 Å². The highest BCUT2D eigenvalue weighted by atomic mass is 16.5. The lowest BCUT2D eigenvalue weighted by atomic mass is 9.77. The van der Waals surface area contributed by atoms with Gasteiger partial charge >= 0.3 is 5.97 Å². The van der Waals surface area contributed by atoms with Crippen molar-refractivity contribution in [2.45, 2.75) is 90.4 Å². The molecule has 2 rings (SSSR count). The van der Waals surface area contributed by atoms with E-state index in [1.54, 1.807) is 0 Å². The van der Waals surface area contributed by atoms with Gasteiger partial charge in [0, 0.05) is 6.42 Å². The summed E-state index contributed by atoms with van der Waals surface area (Å²) in [5, 5.41) is 0. The van der Waals surface area contributed by atoms with E-state index in [1.165, 1.54) is 62.5 Å². The van der Waals surface area contributed by atoms with Gasteiger partial charge < -0.3 is 4.74 Å². The van der Waals surface area contributed by atoms with Gasteiger partial charge in [-0.25, -0.2) is 0 Å². The number of hydrogen-bond donors (Lipinski definition) is 0. The fourth-order valence-corrected chi connectivity index (χ4v) is 3.96. The van der Waals surface area contributed by atoms with E-state index in [9.17, 15) is 4.79 Å². The van der Waals surface area contributed by atoms with Crippen LogP contribution in [0.1, 0.15) is 95.1 Å². The third-order valence-corrected chi connectivity index (χ3v) is 5.60. The Morgan fingerprint density at radius 1 is 1.00 bits per heavy atom. The zero-order valence-electron chi connectivity index (χ0n) is 16.3. The molecule has 1 fully saturated rings. The van der Waals surface area contributed by atoms with E-state index in [0.29, 0.717) is 13.0 Å². The SMILES string of the molecule is CCCCCC1CCC(c2ccc(CCC(=O)OCCC)cc2)CC1. The summed E-state index contributed by atoms with van der Waals surface area (Å²) in [6, 6.07) is 8.98. The minimum absolute atomic E-state index is 0.0766. The molecule has 1 saturated carbocycles. The molecule has 0 heterocycles. The van der Waals surface area contributed by atoms with Gasteiger partial charge in [-0.1, -0.05) is 63.8 Å². The summed E-state index contributed by atoms with van der Waals surface area (Å²) >= 11 is 0. The van der Waals surface area contributed by atoms with Crippen molar-refractivity contribution in [2.75, 3.05) is 6.61 Å². The molecule has 0 spiro atoms. The Hall–Kier alpha value is -1.31. The average Bonchev–Trinajstić information content (AvgIpc) is 2.66. The monoisotopic (exact) mass is 344 g/mol. The summed E-state index contributed by atoms with van der Waals surface area (Å²) in [5.74, 6) is 1.63. The van der Waals surface area contributed by atoms with Crippen LogP contribution in [0.15, 0.2) is 24.3 Å². The van der Waals surface area contributed by atoms with Gasteiger partial charge in [0.2, 0.25) is 0 Å². The van der Waals surface area contributed by atoms with Crippen LogP contribution < -0.4 is 0 Å². The highest BCUT2D eigenvalue weighted by Crippen LogP contribution is 2.37. The van der Waals surface area contributed by atoms with E-state index < -0.39 is 0 Å². The maximum atomic E-state index is 11.6. The zero-order valence-corrected chi connectivity index (χ0v) is 16.3. The van der Waals surface area contributed by atoms with E-state index in [1.807, 2.05) is 6.92 Å². The molecule has 1 aliphatic rings. The Morgan fingerprint density at radius 3 is 2.36 bits per heavy atom. The normalized spacial score (nSPS) is 20.4. The highest BCUT2D eigenvalue weighted by molar-refractivity contribution is 5.69. The molecule has 2 heteroatoms. The highest BCUT2D eigenvalue weighted by Gasteiger charge is 2.21. The molecule has 140 valence electrons. The van der Waals surface area contributed by atoms with Gasteiger partial charge in [-0.05, 0) is 61.5 Å². The molecular weight excluding hydrogens is 308 g/mol. The number of aryl methyl sites for hydroxylation is 1. The molecule has 0 atom stereocenters. The molecule has 25 heavy (non-hydrogen) atoms. The number of rotatable bonds is 10. The lowest BCUT2D eigenvalue weighted by Gasteiger charge is -2.29. The number of unbranched alkanes of at least 4 members (excludes halogenated alkanes) is 2. The van der Waals surface area contributed by atoms with Gasteiger partial charge in [-0.2, -0.15) is 0 Å². The molecule has 0 aromatic heterocycles. The van der Waals surface area contributed by atoms with Gasteiger partial charge in [0.25, 0.3) is 0 Å². The van der Waals surface area contributed by atoms with Crippen molar-refractivity contribution in [3.05, 3.63) is 35.4 Å². The lowest BCUT2D eigenvalue weighted by Crippen LogP contribution is -2.13. The third kappa shape index (κ3) is 7.22. The summed E-state index contributed by atoms with van der Waals surface area (Å²) in [6.07, 6.45) is 13.2. The summed E-state index contributed by atoms with van der Waals surface area (Å²) in [4.78, 5) is 11.6. The van der Waals surface area contributed by atoms with Gasteiger partial charge in [-0.15, -0.1) is 0 Å². The predicted octanol–water partition coefficient (Wildman–Crippen LogP) is 6.43. The van der Waals surface area contributed by atoms with Crippen molar-refractivity contribution in [2.24, 2.45) is 5.92 Å². The first-order valence-corrected chi connectivity index (χ1v) is 10.5. The average molecular weight is 345 g/mol. The van der Waals surface area contributed by atoms with Gasteiger partial charge in [0.1, 0.15) is 0 Å². The standard InChI is InChI=1S/C23H36O2/c1-3-5-6-7-19-8-13-21(14-9-19)22-15-10-20(11-16-22)12-17-23(24)25-18-4-2/h10-11,15-16,19,21H,3-9,12-14,17-18H2,1-2H3. The van der Waals surface area contributed by atoms with Crippen LogP contribution in [0.25, 0.3) is 0 Å². The van der Waals surface area contributed by atoms with Crippen molar-refractivity contribution in [3.63, 3.8) is 0 Å². The molecule has 0 radical (unpaired) electrons. The van der Waals surface area contributed by atoms with Crippen molar-refractivity contribution in [1.82, 2.24) is 0 Å². The van der Waals surface area contributed by atoms with Gasteiger partial charge in [-0.3, -0.25) is 4.79 Å². The number of carbonyl (C=O) groups is 1. The van der Waals surface area contributed by atoms with Crippen LogP contribution in [0.5, 0.6) is 0 Å². The van der Waals surface area contributed by atoms with Crippen LogP contribution in [0.3, 0.4) is 0 Å². The molecule has 1 aromatic rings. The molecule has 0 N–H and O–H groups in total.